The fraction of sp³-hybridized carbons (Fsp3) is 0.944. The molecular weight excluding hydrogens is 292 g/mol. The molecular formula is C18H34N2O3. The molecule has 1 saturated carbocycles. The minimum atomic E-state index is -0.448. The van der Waals surface area contributed by atoms with E-state index in [1.54, 1.807) is 0 Å². The van der Waals surface area contributed by atoms with Crippen molar-refractivity contribution < 1.29 is 14.3 Å². The second-order valence-corrected chi connectivity index (χ2v) is 8.14. The van der Waals surface area contributed by atoms with Gasteiger partial charge in [0.05, 0.1) is 11.6 Å². The van der Waals surface area contributed by atoms with Crippen molar-refractivity contribution in [1.82, 2.24) is 10.6 Å². The molecule has 2 N–H and O–H groups in total. The third kappa shape index (κ3) is 5.96. The number of hydrogen-bond acceptors (Lipinski definition) is 4. The summed E-state index contributed by atoms with van der Waals surface area (Å²) in [7, 11) is 0. The molecule has 0 aromatic heterocycles. The van der Waals surface area contributed by atoms with Gasteiger partial charge in [-0.2, -0.15) is 0 Å². The van der Waals surface area contributed by atoms with Crippen LogP contribution in [0.5, 0.6) is 0 Å². The van der Waals surface area contributed by atoms with E-state index in [0.717, 1.165) is 45.3 Å². The van der Waals surface area contributed by atoms with Gasteiger partial charge in [-0.15, -0.1) is 0 Å². The van der Waals surface area contributed by atoms with E-state index in [9.17, 15) is 4.79 Å². The Morgan fingerprint density at radius 1 is 1.35 bits per heavy atom. The summed E-state index contributed by atoms with van der Waals surface area (Å²) in [4.78, 5) is 12.1. The molecule has 2 rings (SSSR count). The molecule has 5 heteroatoms. The Kier molecular flexibility index (Phi) is 6.32. The largest absolute Gasteiger partial charge is 0.444 e. The molecule has 23 heavy (non-hydrogen) atoms. The van der Waals surface area contributed by atoms with E-state index in [0.29, 0.717) is 12.1 Å². The van der Waals surface area contributed by atoms with Crippen LogP contribution in [0.4, 0.5) is 4.79 Å². The van der Waals surface area contributed by atoms with Crippen LogP contribution in [0.25, 0.3) is 0 Å². The minimum Gasteiger partial charge on any atom is -0.444 e. The number of hydrogen-bond donors (Lipinski definition) is 2. The number of amides is 1. The minimum absolute atomic E-state index is 0.124. The second kappa shape index (κ2) is 7.84. The highest BCUT2D eigenvalue weighted by atomic mass is 16.6. The van der Waals surface area contributed by atoms with Gasteiger partial charge in [0.2, 0.25) is 0 Å². The van der Waals surface area contributed by atoms with E-state index in [2.05, 4.69) is 17.6 Å². The predicted octanol–water partition coefficient (Wildman–Crippen LogP) is 3.37. The molecule has 1 aliphatic heterocycles. The molecule has 1 heterocycles. The average Bonchev–Trinajstić information content (AvgIpc) is 2.40. The van der Waals surface area contributed by atoms with Crippen LogP contribution < -0.4 is 10.6 Å². The zero-order valence-electron chi connectivity index (χ0n) is 15.2. The van der Waals surface area contributed by atoms with Crippen molar-refractivity contribution in [2.75, 3.05) is 13.2 Å². The summed E-state index contributed by atoms with van der Waals surface area (Å²) >= 11 is 0. The van der Waals surface area contributed by atoms with Crippen LogP contribution in [-0.2, 0) is 9.47 Å². The highest BCUT2D eigenvalue weighted by molar-refractivity contribution is 5.69. The summed E-state index contributed by atoms with van der Waals surface area (Å²) in [6.07, 6.45) is 7.77. The zero-order valence-corrected chi connectivity index (χ0v) is 15.2. The summed E-state index contributed by atoms with van der Waals surface area (Å²) in [5.41, 5.74) is -0.572. The molecule has 0 spiro atoms. The highest BCUT2D eigenvalue weighted by Crippen LogP contribution is 2.32. The van der Waals surface area contributed by atoms with Crippen LogP contribution in [0, 0.1) is 0 Å². The molecule has 2 unspecified atom stereocenters. The van der Waals surface area contributed by atoms with Crippen LogP contribution in [0.1, 0.15) is 72.6 Å². The lowest BCUT2D eigenvalue weighted by atomic mass is 9.76. The van der Waals surface area contributed by atoms with E-state index >= 15 is 0 Å². The fourth-order valence-electron chi connectivity index (χ4n) is 3.40. The van der Waals surface area contributed by atoms with Crippen LogP contribution in [0.2, 0.25) is 0 Å². The van der Waals surface area contributed by atoms with Gasteiger partial charge in [0.1, 0.15) is 5.60 Å². The number of ether oxygens (including phenoxy) is 2. The van der Waals surface area contributed by atoms with Gasteiger partial charge in [-0.1, -0.05) is 13.3 Å². The molecule has 5 nitrogen and oxygen atoms in total. The highest BCUT2D eigenvalue weighted by Gasteiger charge is 2.40. The van der Waals surface area contributed by atoms with Crippen molar-refractivity contribution in [3.8, 4) is 0 Å². The first kappa shape index (κ1) is 18.5. The van der Waals surface area contributed by atoms with Gasteiger partial charge in [0.15, 0.2) is 0 Å². The number of rotatable bonds is 6. The average molecular weight is 326 g/mol. The van der Waals surface area contributed by atoms with Gasteiger partial charge in [-0.3, -0.25) is 0 Å². The van der Waals surface area contributed by atoms with Crippen molar-refractivity contribution in [3.05, 3.63) is 0 Å². The van der Waals surface area contributed by atoms with Crippen LogP contribution in [0.15, 0.2) is 0 Å². The predicted molar refractivity (Wildman–Crippen MR) is 91.6 cm³/mol. The van der Waals surface area contributed by atoms with Gasteiger partial charge in [0.25, 0.3) is 0 Å². The quantitative estimate of drug-likeness (QED) is 0.785. The lowest BCUT2D eigenvalue weighted by molar-refractivity contribution is -0.00617. The van der Waals surface area contributed by atoms with Gasteiger partial charge >= 0.3 is 6.09 Å². The first-order valence-corrected chi connectivity index (χ1v) is 9.18. The first-order chi connectivity index (χ1) is 10.8. The van der Waals surface area contributed by atoms with Crippen molar-refractivity contribution in [2.45, 2.75) is 95.9 Å². The molecule has 2 fully saturated rings. The van der Waals surface area contributed by atoms with Crippen LogP contribution in [0.3, 0.4) is 0 Å². The monoisotopic (exact) mass is 326 g/mol. The molecule has 2 aliphatic rings. The van der Waals surface area contributed by atoms with Gasteiger partial charge in [-0.25, -0.2) is 4.79 Å². The van der Waals surface area contributed by atoms with E-state index in [1.807, 2.05) is 20.8 Å². The molecule has 2 atom stereocenters. The Labute approximate surface area is 140 Å². The van der Waals surface area contributed by atoms with E-state index < -0.39 is 5.60 Å². The molecule has 0 aromatic rings. The second-order valence-electron chi connectivity index (χ2n) is 8.14. The molecule has 0 aromatic carbocycles. The number of alkyl carbamates (subject to hydrolysis) is 1. The Bertz CT molecular complexity index is 386. The third-order valence-electron chi connectivity index (χ3n) is 4.78. The van der Waals surface area contributed by atoms with E-state index in [1.165, 1.54) is 12.8 Å². The lowest BCUT2D eigenvalue weighted by Gasteiger charge is -2.44. The normalized spacial score (nSPS) is 27.1. The third-order valence-corrected chi connectivity index (χ3v) is 4.78. The Morgan fingerprint density at radius 2 is 2.09 bits per heavy atom. The molecule has 1 amide bonds. The lowest BCUT2D eigenvalue weighted by Crippen LogP contribution is -2.61. The maximum Gasteiger partial charge on any atom is 0.408 e. The SMILES string of the molecule is CCCC1CC(NCC2(NC(=O)OC(C)(C)C)CCC2)CCO1. The van der Waals surface area contributed by atoms with Crippen molar-refractivity contribution >= 4 is 6.09 Å². The molecule has 1 saturated heterocycles. The number of carbonyl (C=O) groups excluding carboxylic acids is 1. The van der Waals surface area contributed by atoms with Crippen LogP contribution >= 0.6 is 0 Å². The summed E-state index contributed by atoms with van der Waals surface area (Å²) in [5.74, 6) is 0. The van der Waals surface area contributed by atoms with Gasteiger partial charge < -0.3 is 20.1 Å². The summed E-state index contributed by atoms with van der Waals surface area (Å²) in [5, 5.41) is 6.78. The van der Waals surface area contributed by atoms with Crippen LogP contribution in [-0.4, -0.2) is 42.5 Å². The Balaban J connectivity index is 1.79. The summed E-state index contributed by atoms with van der Waals surface area (Å²) < 4.78 is 11.2. The van der Waals surface area contributed by atoms with Crippen molar-refractivity contribution in [2.24, 2.45) is 0 Å². The van der Waals surface area contributed by atoms with Gasteiger partial charge in [0, 0.05) is 19.2 Å². The van der Waals surface area contributed by atoms with E-state index in [4.69, 9.17) is 9.47 Å². The Morgan fingerprint density at radius 3 is 2.65 bits per heavy atom. The Hall–Kier alpha value is -0.810. The van der Waals surface area contributed by atoms with Gasteiger partial charge in [-0.05, 0) is 59.3 Å². The fourth-order valence-corrected chi connectivity index (χ4v) is 3.40. The van der Waals surface area contributed by atoms with Crippen molar-refractivity contribution in [3.63, 3.8) is 0 Å². The number of carbonyl (C=O) groups is 1. The smallest absolute Gasteiger partial charge is 0.408 e. The maximum absolute atomic E-state index is 12.1. The molecule has 0 bridgehead atoms. The molecule has 0 radical (unpaired) electrons. The topological polar surface area (TPSA) is 59.6 Å². The van der Waals surface area contributed by atoms with E-state index in [-0.39, 0.29) is 11.6 Å². The molecule has 1 aliphatic carbocycles. The number of nitrogens with one attached hydrogen (secondary N) is 2. The zero-order chi connectivity index (χ0) is 16.9. The maximum atomic E-state index is 12.1. The molecule has 134 valence electrons. The van der Waals surface area contributed by atoms with Crippen molar-refractivity contribution in [1.29, 1.82) is 0 Å². The summed E-state index contributed by atoms with van der Waals surface area (Å²) in [6.45, 7) is 9.57. The summed E-state index contributed by atoms with van der Waals surface area (Å²) in [6, 6.07) is 0.498. The first-order valence-electron chi connectivity index (χ1n) is 9.18. The standard InChI is InChI=1S/C18H34N2O3/c1-5-7-15-12-14(8-11-22-15)19-13-18(9-6-10-18)20-16(21)23-17(2,3)4/h14-15,19H,5-13H2,1-4H3,(H,20,21).